The highest BCUT2D eigenvalue weighted by molar-refractivity contribution is 5.36. The molecule has 0 aliphatic carbocycles. The Bertz CT molecular complexity index is 410. The highest BCUT2D eigenvalue weighted by Gasteiger charge is 2.16. The van der Waals surface area contributed by atoms with Crippen molar-refractivity contribution in [1.82, 2.24) is 0 Å². The van der Waals surface area contributed by atoms with Crippen molar-refractivity contribution >= 4 is 5.69 Å². The van der Waals surface area contributed by atoms with Gasteiger partial charge in [-0.25, -0.2) is 0 Å². The Morgan fingerprint density at radius 3 is 2.68 bits per heavy atom. The van der Waals surface area contributed by atoms with Gasteiger partial charge in [0.1, 0.15) is 0 Å². The van der Waals surface area contributed by atoms with Crippen molar-refractivity contribution in [2.24, 2.45) is 0 Å². The van der Waals surface area contributed by atoms with Crippen molar-refractivity contribution in [2.75, 3.05) is 6.61 Å². The van der Waals surface area contributed by atoms with Crippen LogP contribution in [0.2, 0.25) is 0 Å². The molecule has 0 heterocycles. The Hall–Kier alpha value is -1.49. The summed E-state index contributed by atoms with van der Waals surface area (Å²) in [5.41, 5.74) is -0.258. The zero-order valence-electron chi connectivity index (χ0n) is 11.2. The minimum atomic E-state index is -0.793. The first-order valence-electron chi connectivity index (χ1n) is 6.66. The number of rotatable bonds is 9. The second kappa shape index (κ2) is 8.58. The second-order valence-corrected chi connectivity index (χ2v) is 4.47. The molecule has 1 rings (SSSR count). The van der Waals surface area contributed by atoms with Crippen molar-refractivity contribution in [1.29, 1.82) is 0 Å². The first-order chi connectivity index (χ1) is 9.16. The molecule has 19 heavy (non-hydrogen) atoms. The monoisotopic (exact) mass is 269 g/mol. The summed E-state index contributed by atoms with van der Waals surface area (Å²) in [5.74, 6) is -0.793. The van der Waals surface area contributed by atoms with Crippen LogP contribution < -0.4 is 0 Å². The van der Waals surface area contributed by atoms with E-state index in [0.29, 0.717) is 6.61 Å². The van der Waals surface area contributed by atoms with Gasteiger partial charge >= 0.3 is 5.69 Å². The summed E-state index contributed by atoms with van der Waals surface area (Å²) in [7, 11) is 0. The minimum absolute atomic E-state index is 0.0846. The van der Waals surface area contributed by atoms with Crippen LogP contribution in [-0.2, 0) is 11.3 Å². The van der Waals surface area contributed by atoms with Crippen LogP contribution in [0, 0.1) is 15.9 Å². The van der Waals surface area contributed by atoms with Crippen LogP contribution in [0.1, 0.15) is 44.6 Å². The molecule has 0 spiro atoms. The van der Waals surface area contributed by atoms with Gasteiger partial charge in [0.05, 0.1) is 11.5 Å². The average Bonchev–Trinajstić information content (AvgIpc) is 2.39. The average molecular weight is 269 g/mol. The number of ether oxygens (including phenoxy) is 1. The van der Waals surface area contributed by atoms with Gasteiger partial charge in [0.15, 0.2) is 0 Å². The number of hydrogen-bond donors (Lipinski definition) is 0. The summed E-state index contributed by atoms with van der Waals surface area (Å²) in [6, 6.07) is 4.14. The first kappa shape index (κ1) is 15.6. The standard InChI is InChI=1S/C14H20FNO3/c1-2-3-4-5-6-10-19-11-12-8-7-9-13(14(12)15)16(17)18/h7-9H,2-6,10-11H2,1H3. The molecule has 0 saturated carbocycles. The van der Waals surface area contributed by atoms with Crippen molar-refractivity contribution in [2.45, 2.75) is 45.6 Å². The van der Waals surface area contributed by atoms with Gasteiger partial charge in [-0.2, -0.15) is 4.39 Å². The lowest BCUT2D eigenvalue weighted by molar-refractivity contribution is -0.387. The maximum absolute atomic E-state index is 13.7. The normalized spacial score (nSPS) is 10.6. The molecule has 0 fully saturated rings. The molecule has 1 aromatic rings. The molecular formula is C14H20FNO3. The van der Waals surface area contributed by atoms with E-state index in [0.717, 1.165) is 18.9 Å². The molecule has 0 saturated heterocycles. The summed E-state index contributed by atoms with van der Waals surface area (Å²) >= 11 is 0. The third-order valence-electron chi connectivity index (χ3n) is 2.90. The Labute approximate surface area is 112 Å². The van der Waals surface area contributed by atoms with Crippen LogP contribution in [0.3, 0.4) is 0 Å². The minimum Gasteiger partial charge on any atom is -0.377 e. The summed E-state index contributed by atoms with van der Waals surface area (Å²) in [6.07, 6.45) is 5.64. The number of halogens is 1. The van der Waals surface area contributed by atoms with Gasteiger partial charge in [-0.05, 0) is 6.42 Å². The van der Waals surface area contributed by atoms with Gasteiger partial charge in [0.2, 0.25) is 5.82 Å². The lowest BCUT2D eigenvalue weighted by Crippen LogP contribution is -2.01. The smallest absolute Gasteiger partial charge is 0.305 e. The second-order valence-electron chi connectivity index (χ2n) is 4.47. The summed E-state index contributed by atoms with van der Waals surface area (Å²) in [6.45, 7) is 2.80. The molecule has 0 atom stereocenters. The maximum Gasteiger partial charge on any atom is 0.305 e. The van der Waals surface area contributed by atoms with Gasteiger partial charge in [-0.15, -0.1) is 0 Å². The molecule has 0 aliphatic heterocycles. The van der Waals surface area contributed by atoms with Gasteiger partial charge in [-0.1, -0.05) is 44.7 Å². The predicted octanol–water partition coefficient (Wildman–Crippen LogP) is 4.22. The fourth-order valence-electron chi connectivity index (χ4n) is 1.81. The molecule has 0 radical (unpaired) electrons. The Morgan fingerprint density at radius 2 is 2.00 bits per heavy atom. The molecular weight excluding hydrogens is 249 g/mol. The lowest BCUT2D eigenvalue weighted by Gasteiger charge is -2.05. The molecule has 0 N–H and O–H groups in total. The van der Waals surface area contributed by atoms with Crippen LogP contribution in [0.5, 0.6) is 0 Å². The van der Waals surface area contributed by atoms with E-state index in [1.807, 2.05) is 0 Å². The van der Waals surface area contributed by atoms with Crippen LogP contribution in [0.4, 0.5) is 10.1 Å². The largest absolute Gasteiger partial charge is 0.377 e. The van der Waals surface area contributed by atoms with E-state index in [2.05, 4.69) is 6.92 Å². The first-order valence-corrected chi connectivity index (χ1v) is 6.66. The van der Waals surface area contributed by atoms with E-state index < -0.39 is 16.4 Å². The van der Waals surface area contributed by atoms with Crippen LogP contribution in [0.25, 0.3) is 0 Å². The number of hydrogen-bond acceptors (Lipinski definition) is 3. The van der Waals surface area contributed by atoms with Crippen LogP contribution in [0.15, 0.2) is 18.2 Å². The molecule has 1 aromatic carbocycles. The fourth-order valence-corrected chi connectivity index (χ4v) is 1.81. The third kappa shape index (κ3) is 5.34. The van der Waals surface area contributed by atoms with Crippen molar-refractivity contribution < 1.29 is 14.1 Å². The SMILES string of the molecule is CCCCCCCOCc1cccc([N+](=O)[O-])c1F. The molecule has 0 amide bonds. The van der Waals surface area contributed by atoms with Crippen molar-refractivity contribution in [3.8, 4) is 0 Å². The fraction of sp³-hybridized carbons (Fsp3) is 0.571. The Balaban J connectivity index is 2.33. The third-order valence-corrected chi connectivity index (χ3v) is 2.90. The molecule has 106 valence electrons. The van der Waals surface area contributed by atoms with Gasteiger partial charge in [0, 0.05) is 18.2 Å². The number of nitrogens with zero attached hydrogens (tertiary/aromatic N) is 1. The van der Waals surface area contributed by atoms with E-state index in [1.54, 1.807) is 0 Å². The van der Waals surface area contributed by atoms with E-state index >= 15 is 0 Å². The van der Waals surface area contributed by atoms with E-state index in [-0.39, 0.29) is 12.2 Å². The molecule has 4 nitrogen and oxygen atoms in total. The summed E-state index contributed by atoms with van der Waals surface area (Å²) < 4.78 is 19.0. The number of nitro benzene ring substituents is 1. The molecule has 0 aliphatic rings. The summed E-state index contributed by atoms with van der Waals surface area (Å²) in [4.78, 5) is 9.86. The number of unbranched alkanes of at least 4 members (excludes halogenated alkanes) is 4. The maximum atomic E-state index is 13.7. The van der Waals surface area contributed by atoms with Crippen molar-refractivity contribution in [3.05, 3.63) is 39.7 Å². The highest BCUT2D eigenvalue weighted by atomic mass is 19.1. The van der Waals surface area contributed by atoms with Gasteiger partial charge in [-0.3, -0.25) is 10.1 Å². The Morgan fingerprint density at radius 1 is 1.26 bits per heavy atom. The van der Waals surface area contributed by atoms with Crippen molar-refractivity contribution in [3.63, 3.8) is 0 Å². The molecule has 0 unspecified atom stereocenters. The van der Waals surface area contributed by atoms with E-state index in [4.69, 9.17) is 4.74 Å². The van der Waals surface area contributed by atoms with Crippen LogP contribution in [-0.4, -0.2) is 11.5 Å². The van der Waals surface area contributed by atoms with E-state index in [9.17, 15) is 14.5 Å². The highest BCUT2D eigenvalue weighted by Crippen LogP contribution is 2.20. The van der Waals surface area contributed by atoms with Crippen LogP contribution >= 0.6 is 0 Å². The topological polar surface area (TPSA) is 52.4 Å². The van der Waals surface area contributed by atoms with Gasteiger partial charge in [0.25, 0.3) is 0 Å². The molecule has 0 bridgehead atoms. The quantitative estimate of drug-likeness (QED) is 0.383. The molecule has 0 aromatic heterocycles. The van der Waals surface area contributed by atoms with Gasteiger partial charge < -0.3 is 4.74 Å². The zero-order valence-corrected chi connectivity index (χ0v) is 11.2. The lowest BCUT2D eigenvalue weighted by atomic mass is 10.1. The molecule has 5 heteroatoms. The zero-order chi connectivity index (χ0) is 14.1. The van der Waals surface area contributed by atoms with E-state index in [1.165, 1.54) is 31.4 Å². The number of nitro groups is 1. The summed E-state index contributed by atoms with van der Waals surface area (Å²) in [5, 5.41) is 10.6. The predicted molar refractivity (Wildman–Crippen MR) is 71.5 cm³/mol. The Kier molecular flexibility index (Phi) is 7.03. The number of benzene rings is 1.